The van der Waals surface area contributed by atoms with Crippen LogP contribution in [-0.2, 0) is 4.74 Å². The summed E-state index contributed by atoms with van der Waals surface area (Å²) in [6.07, 6.45) is -0.402. The molecular weight excluding hydrogens is 333 g/mol. The minimum Gasteiger partial charge on any atom is -0.394 e. The molecule has 1 atom stereocenters. The number of benzene rings is 2. The highest BCUT2D eigenvalue weighted by molar-refractivity contribution is 6.33. The quantitative estimate of drug-likeness (QED) is 0.805. The second kappa shape index (κ2) is 8.78. The van der Waals surface area contributed by atoms with Crippen LogP contribution < -0.4 is 5.32 Å². The normalized spacial score (nSPS) is 12.0. The van der Waals surface area contributed by atoms with Crippen molar-refractivity contribution in [1.29, 1.82) is 0 Å². The molecule has 0 fully saturated rings. The first-order valence-corrected chi connectivity index (χ1v) is 7.91. The molecule has 128 valence electrons. The summed E-state index contributed by atoms with van der Waals surface area (Å²) in [4.78, 5) is 12.2. The lowest BCUT2D eigenvalue weighted by Crippen LogP contribution is -2.30. The summed E-state index contributed by atoms with van der Waals surface area (Å²) in [6.45, 7) is 2.23. The number of ether oxygens (including phenoxy) is 1. The molecule has 4 nitrogen and oxygen atoms in total. The van der Waals surface area contributed by atoms with Gasteiger partial charge in [-0.25, -0.2) is 4.39 Å². The van der Waals surface area contributed by atoms with E-state index in [2.05, 4.69) is 5.32 Å². The number of hydrogen-bond donors (Lipinski definition) is 2. The average Bonchev–Trinajstić information content (AvgIpc) is 2.56. The second-order valence-corrected chi connectivity index (χ2v) is 5.74. The molecule has 6 heteroatoms. The van der Waals surface area contributed by atoms with Crippen molar-refractivity contribution >= 4 is 17.5 Å². The average molecular weight is 352 g/mol. The summed E-state index contributed by atoms with van der Waals surface area (Å²) >= 11 is 5.89. The maximum Gasteiger partial charge on any atom is 0.252 e. The number of amides is 1. The van der Waals surface area contributed by atoms with Gasteiger partial charge < -0.3 is 15.2 Å². The Balaban J connectivity index is 2.06. The van der Waals surface area contributed by atoms with E-state index in [-0.39, 0.29) is 30.3 Å². The third-order valence-electron chi connectivity index (χ3n) is 3.48. The van der Waals surface area contributed by atoms with Crippen molar-refractivity contribution in [2.24, 2.45) is 0 Å². The van der Waals surface area contributed by atoms with Crippen molar-refractivity contribution in [3.05, 3.63) is 70.0 Å². The van der Waals surface area contributed by atoms with Crippen LogP contribution in [0.4, 0.5) is 4.39 Å². The Morgan fingerprint density at radius 1 is 1.29 bits per heavy atom. The van der Waals surface area contributed by atoms with Gasteiger partial charge in [-0.05, 0) is 30.7 Å². The maximum absolute atomic E-state index is 13.1. The van der Waals surface area contributed by atoms with Crippen LogP contribution in [-0.4, -0.2) is 30.8 Å². The van der Waals surface area contributed by atoms with E-state index in [1.54, 1.807) is 0 Å². The number of halogens is 2. The number of aliphatic hydroxyl groups excluding tert-OH is 1. The Hall–Kier alpha value is -1.95. The maximum atomic E-state index is 13.1. The fourth-order valence-electron chi connectivity index (χ4n) is 2.20. The first-order chi connectivity index (χ1) is 11.5. The van der Waals surface area contributed by atoms with Gasteiger partial charge in [0.05, 0.1) is 29.9 Å². The monoisotopic (exact) mass is 351 g/mol. The van der Waals surface area contributed by atoms with Crippen LogP contribution in [0.3, 0.4) is 0 Å². The van der Waals surface area contributed by atoms with Gasteiger partial charge in [0.1, 0.15) is 5.82 Å². The summed E-state index contributed by atoms with van der Waals surface area (Å²) in [5.41, 5.74) is 2.20. The number of carbonyl (C=O) groups excluding carboxylic acids is 1. The number of nitrogens with one attached hydrogen (secondary N) is 1. The lowest BCUT2D eigenvalue weighted by molar-refractivity contribution is 0.0277. The fraction of sp³-hybridized carbons (Fsp3) is 0.278. The molecule has 1 unspecified atom stereocenters. The topological polar surface area (TPSA) is 58.6 Å². The third kappa shape index (κ3) is 5.03. The van der Waals surface area contributed by atoms with Crippen molar-refractivity contribution in [3.8, 4) is 0 Å². The zero-order valence-electron chi connectivity index (χ0n) is 13.3. The molecule has 0 aliphatic rings. The van der Waals surface area contributed by atoms with E-state index in [1.165, 1.54) is 12.1 Å². The van der Waals surface area contributed by atoms with Crippen molar-refractivity contribution in [3.63, 3.8) is 0 Å². The number of aryl methyl sites for hydroxylation is 1. The second-order valence-electron chi connectivity index (χ2n) is 5.33. The predicted octanol–water partition coefficient (Wildman–Crippen LogP) is 3.27. The number of rotatable bonds is 7. The molecule has 2 rings (SSSR count). The molecule has 24 heavy (non-hydrogen) atoms. The van der Waals surface area contributed by atoms with E-state index in [0.29, 0.717) is 0 Å². The molecule has 0 heterocycles. The van der Waals surface area contributed by atoms with Gasteiger partial charge in [0.2, 0.25) is 0 Å². The van der Waals surface area contributed by atoms with E-state index in [4.69, 9.17) is 21.4 Å². The predicted molar refractivity (Wildman–Crippen MR) is 90.7 cm³/mol. The van der Waals surface area contributed by atoms with Crippen molar-refractivity contribution in [2.75, 3.05) is 19.8 Å². The first kappa shape index (κ1) is 18.4. The van der Waals surface area contributed by atoms with E-state index >= 15 is 0 Å². The smallest absolute Gasteiger partial charge is 0.252 e. The Morgan fingerprint density at radius 3 is 2.62 bits per heavy atom. The van der Waals surface area contributed by atoms with Gasteiger partial charge in [-0.15, -0.1) is 0 Å². The van der Waals surface area contributed by atoms with Crippen LogP contribution in [0.1, 0.15) is 27.6 Å². The van der Waals surface area contributed by atoms with Crippen molar-refractivity contribution in [1.82, 2.24) is 5.32 Å². The van der Waals surface area contributed by atoms with Gasteiger partial charge in [-0.2, -0.15) is 0 Å². The van der Waals surface area contributed by atoms with Gasteiger partial charge in [0.25, 0.3) is 5.91 Å². The molecule has 0 bridgehead atoms. The zero-order chi connectivity index (χ0) is 17.5. The molecular formula is C18H19ClFNO3. The lowest BCUT2D eigenvalue weighted by atomic mass is 10.1. The van der Waals surface area contributed by atoms with Gasteiger partial charge >= 0.3 is 0 Å². The molecule has 2 aromatic rings. The molecule has 0 saturated carbocycles. The van der Waals surface area contributed by atoms with Gasteiger partial charge in [0.15, 0.2) is 0 Å². The molecule has 0 aliphatic heterocycles. The van der Waals surface area contributed by atoms with Crippen molar-refractivity contribution in [2.45, 2.75) is 13.0 Å². The van der Waals surface area contributed by atoms with Crippen LogP contribution in [0.25, 0.3) is 0 Å². The Bertz CT molecular complexity index is 691. The molecule has 0 saturated heterocycles. The van der Waals surface area contributed by atoms with Crippen LogP contribution in [0.15, 0.2) is 42.5 Å². The lowest BCUT2D eigenvalue weighted by Gasteiger charge is -2.19. The summed E-state index contributed by atoms with van der Waals surface area (Å²) < 4.78 is 18.7. The third-order valence-corrected chi connectivity index (χ3v) is 3.80. The van der Waals surface area contributed by atoms with Crippen LogP contribution >= 0.6 is 11.6 Å². The van der Waals surface area contributed by atoms with Gasteiger partial charge in [-0.1, -0.05) is 41.4 Å². The number of aliphatic hydroxyl groups is 1. The van der Waals surface area contributed by atoms with Crippen LogP contribution in [0, 0.1) is 12.7 Å². The largest absolute Gasteiger partial charge is 0.394 e. The molecule has 0 radical (unpaired) electrons. The molecule has 0 aromatic heterocycles. The Kier molecular flexibility index (Phi) is 6.73. The van der Waals surface area contributed by atoms with E-state index in [0.717, 1.165) is 17.2 Å². The molecule has 0 aliphatic carbocycles. The number of carbonyl (C=O) groups is 1. The summed E-state index contributed by atoms with van der Waals surface area (Å²) in [5.74, 6) is -0.912. The highest BCUT2D eigenvalue weighted by atomic mass is 35.5. The van der Waals surface area contributed by atoms with E-state index in [9.17, 15) is 9.18 Å². The first-order valence-electron chi connectivity index (χ1n) is 7.53. The van der Waals surface area contributed by atoms with Gasteiger partial charge in [0, 0.05) is 6.54 Å². The summed E-state index contributed by atoms with van der Waals surface area (Å²) in [6, 6.07) is 11.3. The number of hydrogen-bond acceptors (Lipinski definition) is 3. The molecule has 2 N–H and O–H groups in total. The Labute approximate surface area is 145 Å². The van der Waals surface area contributed by atoms with Crippen LogP contribution in [0.2, 0.25) is 5.02 Å². The van der Waals surface area contributed by atoms with Gasteiger partial charge in [-0.3, -0.25) is 4.79 Å². The fourth-order valence-corrected chi connectivity index (χ4v) is 2.46. The highest BCUT2D eigenvalue weighted by Crippen LogP contribution is 2.19. The minimum absolute atomic E-state index is 0.0515. The SMILES string of the molecule is Cc1ccc(C(CNC(=O)c2ccc(F)cc2Cl)OCCO)cc1. The summed E-state index contributed by atoms with van der Waals surface area (Å²) in [7, 11) is 0. The zero-order valence-corrected chi connectivity index (χ0v) is 14.0. The minimum atomic E-state index is -0.500. The molecule has 0 spiro atoms. The van der Waals surface area contributed by atoms with E-state index < -0.39 is 17.8 Å². The summed E-state index contributed by atoms with van der Waals surface area (Å²) in [5, 5.41) is 11.7. The van der Waals surface area contributed by atoms with Crippen LogP contribution in [0.5, 0.6) is 0 Å². The van der Waals surface area contributed by atoms with E-state index in [1.807, 2.05) is 31.2 Å². The standard InChI is InChI=1S/C18H19ClFNO3/c1-12-2-4-13(5-3-12)17(24-9-8-22)11-21-18(23)15-7-6-14(20)10-16(15)19/h2-7,10,17,22H,8-9,11H2,1H3,(H,21,23). The van der Waals surface area contributed by atoms with Crippen molar-refractivity contribution < 1.29 is 19.0 Å². The molecule has 1 amide bonds. The Morgan fingerprint density at radius 2 is 2.00 bits per heavy atom. The highest BCUT2D eigenvalue weighted by Gasteiger charge is 2.16. The molecule has 2 aromatic carbocycles.